The van der Waals surface area contributed by atoms with Crippen molar-refractivity contribution >= 4 is 28.6 Å². The molecule has 3 rings (SSSR count). The molecule has 1 unspecified atom stereocenters. The fourth-order valence-corrected chi connectivity index (χ4v) is 3.40. The second-order valence-electron chi connectivity index (χ2n) is 6.58. The number of aryl methyl sites for hydroxylation is 1. The van der Waals surface area contributed by atoms with Crippen molar-refractivity contribution in [1.29, 1.82) is 0 Å². The van der Waals surface area contributed by atoms with Crippen LogP contribution in [-0.4, -0.2) is 16.6 Å². The predicted octanol–water partition coefficient (Wildman–Crippen LogP) is 5.22. The fourth-order valence-electron chi connectivity index (χ4n) is 2.24. The van der Waals surface area contributed by atoms with Gasteiger partial charge in [0.05, 0.1) is 10.9 Å². The number of hydrogen-bond donors (Lipinski definition) is 1. The Kier molecular flexibility index (Phi) is 7.22. The molecular weight excluding hydrogens is 340 g/mol. The van der Waals surface area contributed by atoms with Gasteiger partial charge in [0.1, 0.15) is 0 Å². The quantitative estimate of drug-likeness (QED) is 0.630. The zero-order valence-electron chi connectivity index (χ0n) is 15.6. The Morgan fingerprint density at radius 1 is 1.08 bits per heavy atom. The Morgan fingerprint density at radius 3 is 2.35 bits per heavy atom. The first kappa shape index (κ1) is 20.0. The molecule has 0 aliphatic carbocycles. The highest BCUT2D eigenvalue weighted by Gasteiger charge is 2.28. The van der Waals surface area contributed by atoms with Gasteiger partial charge in [-0.25, -0.2) is 0 Å². The number of carbonyl (C=O) groups is 1. The number of carbonyl (C=O) groups excluding carboxylic acids is 1. The second-order valence-corrected chi connectivity index (χ2v) is 7.63. The Labute approximate surface area is 160 Å². The molecule has 136 valence electrons. The number of hydrogen-bond acceptors (Lipinski definition) is 3. The van der Waals surface area contributed by atoms with E-state index in [1.165, 1.54) is 15.8 Å². The van der Waals surface area contributed by atoms with Crippen molar-refractivity contribution < 1.29 is 4.79 Å². The minimum atomic E-state index is -0.407. The van der Waals surface area contributed by atoms with Crippen LogP contribution in [0, 0.1) is 12.3 Å². The molecule has 3 nitrogen and oxygen atoms in total. The Morgan fingerprint density at radius 2 is 1.73 bits per heavy atom. The summed E-state index contributed by atoms with van der Waals surface area (Å²) < 4.78 is 0. The van der Waals surface area contributed by atoms with Gasteiger partial charge in [0.25, 0.3) is 0 Å². The molecule has 0 aliphatic heterocycles. The molecule has 26 heavy (non-hydrogen) atoms. The average molecular weight is 367 g/mol. The highest BCUT2D eigenvalue weighted by atomic mass is 32.2. The van der Waals surface area contributed by atoms with Crippen LogP contribution in [0.5, 0.6) is 0 Å². The first-order valence-corrected chi connectivity index (χ1v) is 9.72. The molecule has 0 fully saturated rings. The number of thioether (sulfide) groups is 1. The van der Waals surface area contributed by atoms with Gasteiger partial charge in [-0.05, 0) is 44.5 Å². The smallest absolute Gasteiger partial charge is 0.224 e. The topological polar surface area (TPSA) is 56.0 Å². The van der Waals surface area contributed by atoms with Gasteiger partial charge >= 0.3 is 0 Å². The van der Waals surface area contributed by atoms with Crippen LogP contribution in [0.25, 0.3) is 10.9 Å². The first-order valence-electron chi connectivity index (χ1n) is 8.74. The van der Waals surface area contributed by atoms with Crippen LogP contribution in [-0.2, 0) is 4.79 Å². The van der Waals surface area contributed by atoms with Crippen molar-refractivity contribution in [3.05, 3.63) is 72.4 Å². The van der Waals surface area contributed by atoms with Gasteiger partial charge in [0.2, 0.25) is 5.91 Å². The first-order chi connectivity index (χ1) is 12.4. The van der Waals surface area contributed by atoms with Gasteiger partial charge in [-0.2, -0.15) is 0 Å². The molecule has 2 N–H and O–H groups in total. The maximum Gasteiger partial charge on any atom is 0.224 e. The van der Waals surface area contributed by atoms with E-state index in [9.17, 15) is 4.79 Å². The summed E-state index contributed by atoms with van der Waals surface area (Å²) in [6.07, 6.45) is 2.59. The summed E-state index contributed by atoms with van der Waals surface area (Å²) in [6, 6.07) is 20.4. The molecular formula is C22H26N2OS. The number of nitrogens with zero attached hydrogens (tertiary/aromatic N) is 1. The van der Waals surface area contributed by atoms with Crippen molar-refractivity contribution in [3.8, 4) is 0 Å². The van der Waals surface area contributed by atoms with Crippen LogP contribution >= 0.6 is 11.8 Å². The summed E-state index contributed by atoms with van der Waals surface area (Å²) >= 11 is 1.69. The third kappa shape index (κ3) is 5.60. The lowest BCUT2D eigenvalue weighted by Gasteiger charge is -2.23. The van der Waals surface area contributed by atoms with E-state index < -0.39 is 5.41 Å². The Bertz CT molecular complexity index is 783. The molecule has 1 aromatic heterocycles. The van der Waals surface area contributed by atoms with E-state index in [4.69, 9.17) is 5.73 Å². The van der Waals surface area contributed by atoms with Crippen LogP contribution in [0.1, 0.15) is 25.8 Å². The molecule has 0 radical (unpaired) electrons. The van der Waals surface area contributed by atoms with E-state index in [-0.39, 0.29) is 5.91 Å². The van der Waals surface area contributed by atoms with Crippen LogP contribution in [0.4, 0.5) is 0 Å². The summed E-state index contributed by atoms with van der Waals surface area (Å²) in [5, 5.41) is 1.20. The third-order valence-corrected chi connectivity index (χ3v) is 5.85. The third-order valence-electron chi connectivity index (χ3n) is 4.47. The highest BCUT2D eigenvalue weighted by Crippen LogP contribution is 2.30. The minimum Gasteiger partial charge on any atom is -0.369 e. The van der Waals surface area contributed by atoms with Gasteiger partial charge in [-0.15, -0.1) is 11.8 Å². The van der Waals surface area contributed by atoms with Crippen molar-refractivity contribution in [2.24, 2.45) is 11.1 Å². The largest absolute Gasteiger partial charge is 0.369 e. The number of aromatic nitrogens is 1. The lowest BCUT2D eigenvalue weighted by molar-refractivity contribution is -0.125. The molecule has 0 bridgehead atoms. The lowest BCUT2D eigenvalue weighted by Crippen LogP contribution is -2.35. The number of para-hydroxylation sites is 1. The van der Waals surface area contributed by atoms with E-state index in [2.05, 4.69) is 48.3 Å². The SMILES string of the molecule is CCC(C)(CSc1ccc(C)cc1)C(N)=O.c1ccc2ncccc2c1. The molecule has 0 saturated heterocycles. The number of benzene rings is 2. The monoisotopic (exact) mass is 366 g/mol. The van der Waals surface area contributed by atoms with E-state index in [0.717, 1.165) is 17.7 Å². The van der Waals surface area contributed by atoms with Crippen molar-refractivity contribution in [2.75, 3.05) is 5.75 Å². The van der Waals surface area contributed by atoms with E-state index >= 15 is 0 Å². The summed E-state index contributed by atoms with van der Waals surface area (Å²) in [4.78, 5) is 16.7. The average Bonchev–Trinajstić information content (AvgIpc) is 2.68. The molecule has 0 aliphatic rings. The summed E-state index contributed by atoms with van der Waals surface area (Å²) in [6.45, 7) is 5.99. The Balaban J connectivity index is 0.000000206. The highest BCUT2D eigenvalue weighted by molar-refractivity contribution is 7.99. The predicted molar refractivity (Wildman–Crippen MR) is 111 cm³/mol. The summed E-state index contributed by atoms with van der Waals surface area (Å²) in [5.41, 5.74) is 7.32. The van der Waals surface area contributed by atoms with Crippen LogP contribution < -0.4 is 5.73 Å². The van der Waals surface area contributed by atoms with Crippen LogP contribution in [0.3, 0.4) is 0 Å². The van der Waals surface area contributed by atoms with Gasteiger partial charge in [-0.3, -0.25) is 9.78 Å². The number of pyridine rings is 1. The van der Waals surface area contributed by atoms with Gasteiger partial charge in [0.15, 0.2) is 0 Å². The molecule has 1 heterocycles. The lowest BCUT2D eigenvalue weighted by atomic mass is 9.89. The van der Waals surface area contributed by atoms with Gasteiger partial charge < -0.3 is 5.73 Å². The summed E-state index contributed by atoms with van der Waals surface area (Å²) in [5.74, 6) is 0.525. The van der Waals surface area contributed by atoms with E-state index in [1.54, 1.807) is 11.8 Å². The summed E-state index contributed by atoms with van der Waals surface area (Å²) in [7, 11) is 0. The van der Waals surface area contributed by atoms with Crippen molar-refractivity contribution in [1.82, 2.24) is 4.98 Å². The van der Waals surface area contributed by atoms with E-state index in [1.807, 2.05) is 44.3 Å². The molecule has 0 saturated carbocycles. The van der Waals surface area contributed by atoms with Crippen molar-refractivity contribution in [2.45, 2.75) is 32.1 Å². The maximum atomic E-state index is 11.3. The zero-order valence-corrected chi connectivity index (χ0v) is 16.4. The van der Waals surface area contributed by atoms with Crippen LogP contribution in [0.15, 0.2) is 71.8 Å². The van der Waals surface area contributed by atoms with E-state index in [0.29, 0.717) is 0 Å². The zero-order chi connectivity index (χ0) is 19.0. The number of amides is 1. The standard InChI is InChI=1S/C13H19NOS.C9H7N/c1-4-13(3,12(14)15)9-16-11-7-5-10(2)6-8-11;1-2-6-9-8(4-1)5-3-7-10-9/h5-8H,4,9H2,1-3H3,(H2,14,15);1-7H. The number of nitrogens with two attached hydrogens (primary N) is 1. The minimum absolute atomic E-state index is 0.213. The molecule has 0 spiro atoms. The molecule has 2 aromatic carbocycles. The maximum absolute atomic E-state index is 11.3. The number of primary amides is 1. The normalized spacial score (nSPS) is 12.7. The molecule has 1 atom stereocenters. The number of fused-ring (bicyclic) bond motifs is 1. The fraction of sp³-hybridized carbons (Fsp3) is 0.273. The van der Waals surface area contributed by atoms with Crippen molar-refractivity contribution in [3.63, 3.8) is 0 Å². The number of rotatable bonds is 5. The van der Waals surface area contributed by atoms with Gasteiger partial charge in [-0.1, -0.05) is 48.9 Å². The molecule has 3 aromatic rings. The van der Waals surface area contributed by atoms with Crippen LogP contribution in [0.2, 0.25) is 0 Å². The second kappa shape index (κ2) is 9.39. The van der Waals surface area contributed by atoms with Gasteiger partial charge in [0, 0.05) is 22.2 Å². The Hall–Kier alpha value is -2.33. The molecule has 1 amide bonds. The molecule has 4 heteroatoms.